The first-order valence-electron chi connectivity index (χ1n) is 8.86. The van der Waals surface area contributed by atoms with Crippen LogP contribution in [0.25, 0.3) is 11.3 Å². The van der Waals surface area contributed by atoms with Crippen molar-refractivity contribution in [3.8, 4) is 17.1 Å². The van der Waals surface area contributed by atoms with Gasteiger partial charge in [0.15, 0.2) is 0 Å². The number of aromatic amines is 1. The molecule has 7 nitrogen and oxygen atoms in total. The highest BCUT2D eigenvalue weighted by molar-refractivity contribution is 5.58. The van der Waals surface area contributed by atoms with Crippen LogP contribution >= 0.6 is 0 Å². The number of piperidine rings is 1. The summed E-state index contributed by atoms with van der Waals surface area (Å²) in [6, 6.07) is 7.91. The summed E-state index contributed by atoms with van der Waals surface area (Å²) in [5.74, 6) is 1.94. The molecule has 1 aliphatic heterocycles. The lowest BCUT2D eigenvalue weighted by molar-refractivity contribution is 0.198. The highest BCUT2D eigenvalue weighted by Gasteiger charge is 2.23. The number of H-pyrrole nitrogens is 1. The molecule has 1 fully saturated rings. The number of aromatic nitrogens is 5. The van der Waals surface area contributed by atoms with Gasteiger partial charge in [0.05, 0.1) is 19.3 Å². The highest BCUT2D eigenvalue weighted by atomic mass is 16.5. The van der Waals surface area contributed by atoms with Gasteiger partial charge in [0.25, 0.3) is 0 Å². The van der Waals surface area contributed by atoms with Crippen molar-refractivity contribution in [3.63, 3.8) is 0 Å². The number of nitrogens with zero attached hydrogens (tertiary/aromatic N) is 5. The Balaban J connectivity index is 1.36. The Morgan fingerprint density at radius 3 is 2.73 bits per heavy atom. The third-order valence-electron chi connectivity index (χ3n) is 4.86. The number of hydrogen-bond acceptors (Lipinski definition) is 6. The van der Waals surface area contributed by atoms with Crippen molar-refractivity contribution in [3.05, 3.63) is 54.4 Å². The van der Waals surface area contributed by atoms with E-state index in [1.807, 2.05) is 12.1 Å². The van der Waals surface area contributed by atoms with Crippen LogP contribution in [0.1, 0.15) is 30.3 Å². The SMILES string of the molecule is COc1ccnc(CN2CCC(c3cc(-c4ccncc4)n[nH]3)CC2)n1. The summed E-state index contributed by atoms with van der Waals surface area (Å²) in [6.07, 6.45) is 7.54. The first-order valence-corrected chi connectivity index (χ1v) is 8.86. The molecule has 0 aliphatic carbocycles. The topological polar surface area (TPSA) is 79.8 Å². The summed E-state index contributed by atoms with van der Waals surface area (Å²) in [5, 5.41) is 7.69. The molecule has 26 heavy (non-hydrogen) atoms. The van der Waals surface area contributed by atoms with Crippen molar-refractivity contribution in [1.82, 2.24) is 30.0 Å². The zero-order valence-electron chi connectivity index (χ0n) is 14.8. The van der Waals surface area contributed by atoms with E-state index in [1.54, 1.807) is 31.8 Å². The minimum Gasteiger partial charge on any atom is -0.481 e. The van der Waals surface area contributed by atoms with Gasteiger partial charge in [-0.15, -0.1) is 0 Å². The summed E-state index contributed by atoms with van der Waals surface area (Å²) < 4.78 is 5.17. The molecular formula is C19H22N6O. The van der Waals surface area contributed by atoms with Gasteiger partial charge in [0, 0.05) is 41.8 Å². The van der Waals surface area contributed by atoms with Gasteiger partial charge >= 0.3 is 0 Å². The van der Waals surface area contributed by atoms with Crippen LogP contribution in [0.5, 0.6) is 5.88 Å². The monoisotopic (exact) mass is 350 g/mol. The van der Waals surface area contributed by atoms with Crippen LogP contribution in [0.15, 0.2) is 42.9 Å². The molecule has 3 aromatic heterocycles. The molecule has 1 N–H and O–H groups in total. The molecule has 0 amide bonds. The largest absolute Gasteiger partial charge is 0.481 e. The zero-order chi connectivity index (χ0) is 17.8. The lowest BCUT2D eigenvalue weighted by atomic mass is 9.93. The predicted molar refractivity (Wildman–Crippen MR) is 97.7 cm³/mol. The third kappa shape index (κ3) is 3.72. The van der Waals surface area contributed by atoms with Crippen molar-refractivity contribution in [1.29, 1.82) is 0 Å². The Morgan fingerprint density at radius 2 is 1.96 bits per heavy atom. The van der Waals surface area contributed by atoms with Gasteiger partial charge in [-0.05, 0) is 44.1 Å². The second-order valence-electron chi connectivity index (χ2n) is 6.51. The summed E-state index contributed by atoms with van der Waals surface area (Å²) in [6.45, 7) is 2.80. The Bertz CT molecular complexity index is 842. The van der Waals surface area contributed by atoms with Crippen LogP contribution in [-0.2, 0) is 6.54 Å². The first-order chi connectivity index (χ1) is 12.8. The molecule has 7 heteroatoms. The Hall–Kier alpha value is -2.80. The highest BCUT2D eigenvalue weighted by Crippen LogP contribution is 2.29. The quantitative estimate of drug-likeness (QED) is 0.762. The van der Waals surface area contributed by atoms with E-state index in [0.717, 1.165) is 49.6 Å². The van der Waals surface area contributed by atoms with Gasteiger partial charge in [0.1, 0.15) is 5.82 Å². The molecule has 0 spiro atoms. The average molecular weight is 350 g/mol. The smallest absolute Gasteiger partial charge is 0.216 e. The van der Waals surface area contributed by atoms with E-state index in [-0.39, 0.29) is 0 Å². The van der Waals surface area contributed by atoms with Gasteiger partial charge < -0.3 is 4.74 Å². The summed E-state index contributed by atoms with van der Waals surface area (Å²) in [4.78, 5) is 15.2. The third-order valence-corrected chi connectivity index (χ3v) is 4.86. The van der Waals surface area contributed by atoms with E-state index in [0.29, 0.717) is 11.8 Å². The molecule has 4 rings (SSSR count). The molecule has 134 valence electrons. The lowest BCUT2D eigenvalue weighted by Gasteiger charge is -2.30. The number of ether oxygens (including phenoxy) is 1. The van der Waals surface area contributed by atoms with Crippen LogP contribution in [0.3, 0.4) is 0 Å². The zero-order valence-corrected chi connectivity index (χ0v) is 14.8. The molecule has 0 bridgehead atoms. The predicted octanol–water partition coefficient (Wildman–Crippen LogP) is 2.65. The van der Waals surface area contributed by atoms with Gasteiger partial charge in [-0.2, -0.15) is 10.1 Å². The fraction of sp³-hybridized carbons (Fsp3) is 0.368. The number of pyridine rings is 1. The van der Waals surface area contributed by atoms with E-state index in [9.17, 15) is 0 Å². The van der Waals surface area contributed by atoms with Crippen LogP contribution < -0.4 is 4.74 Å². The van der Waals surface area contributed by atoms with Crippen molar-refractivity contribution >= 4 is 0 Å². The van der Waals surface area contributed by atoms with Gasteiger partial charge in [0.2, 0.25) is 5.88 Å². The van der Waals surface area contributed by atoms with Gasteiger partial charge in [-0.1, -0.05) is 0 Å². The fourth-order valence-electron chi connectivity index (χ4n) is 3.39. The summed E-state index contributed by atoms with van der Waals surface area (Å²) in [7, 11) is 1.63. The molecule has 3 aromatic rings. The minimum absolute atomic E-state index is 0.514. The molecule has 0 unspecified atom stereocenters. The lowest BCUT2D eigenvalue weighted by Crippen LogP contribution is -2.33. The summed E-state index contributed by atoms with van der Waals surface area (Å²) in [5.41, 5.74) is 3.29. The molecule has 4 heterocycles. The Labute approximate surface area is 152 Å². The number of nitrogens with one attached hydrogen (secondary N) is 1. The fourth-order valence-corrected chi connectivity index (χ4v) is 3.39. The van der Waals surface area contributed by atoms with E-state index >= 15 is 0 Å². The first kappa shape index (κ1) is 16.7. The van der Waals surface area contributed by atoms with Gasteiger partial charge in [-0.25, -0.2) is 4.98 Å². The average Bonchev–Trinajstić information content (AvgIpc) is 3.20. The molecular weight excluding hydrogens is 328 g/mol. The van der Waals surface area contributed by atoms with E-state index < -0.39 is 0 Å². The second kappa shape index (κ2) is 7.61. The van der Waals surface area contributed by atoms with Crippen LogP contribution in [0, 0.1) is 0 Å². The molecule has 1 aliphatic rings. The van der Waals surface area contributed by atoms with Crippen molar-refractivity contribution in [2.24, 2.45) is 0 Å². The molecule has 1 saturated heterocycles. The normalized spacial score (nSPS) is 15.9. The molecule has 0 atom stereocenters. The standard InChI is InChI=1S/C19H22N6O/c1-26-19-4-9-21-18(22-19)13-25-10-5-15(6-11-25)17-12-16(23-24-17)14-2-7-20-8-3-14/h2-4,7-9,12,15H,5-6,10-11,13H2,1H3,(H,23,24). The molecule has 0 aromatic carbocycles. The number of methoxy groups -OCH3 is 1. The van der Waals surface area contributed by atoms with Crippen LogP contribution in [0.4, 0.5) is 0 Å². The Kier molecular flexibility index (Phi) is 4.88. The Morgan fingerprint density at radius 1 is 1.15 bits per heavy atom. The number of hydrogen-bond donors (Lipinski definition) is 1. The van der Waals surface area contributed by atoms with E-state index in [1.165, 1.54) is 5.69 Å². The maximum absolute atomic E-state index is 5.17. The number of rotatable bonds is 5. The summed E-state index contributed by atoms with van der Waals surface area (Å²) >= 11 is 0. The molecule has 0 saturated carbocycles. The van der Waals surface area contributed by atoms with Crippen molar-refractivity contribution < 1.29 is 4.74 Å². The van der Waals surface area contributed by atoms with Crippen molar-refractivity contribution in [2.75, 3.05) is 20.2 Å². The van der Waals surface area contributed by atoms with Crippen LogP contribution in [-0.4, -0.2) is 50.2 Å². The van der Waals surface area contributed by atoms with Crippen molar-refractivity contribution in [2.45, 2.75) is 25.3 Å². The number of likely N-dealkylation sites (tertiary alicyclic amines) is 1. The second-order valence-corrected chi connectivity index (χ2v) is 6.51. The molecule has 0 radical (unpaired) electrons. The minimum atomic E-state index is 0.514. The maximum atomic E-state index is 5.17. The van der Waals surface area contributed by atoms with Crippen LogP contribution in [0.2, 0.25) is 0 Å². The van der Waals surface area contributed by atoms with E-state index in [4.69, 9.17) is 4.74 Å². The van der Waals surface area contributed by atoms with Gasteiger partial charge in [-0.3, -0.25) is 15.0 Å². The maximum Gasteiger partial charge on any atom is 0.216 e. The van der Waals surface area contributed by atoms with E-state index in [2.05, 4.69) is 36.1 Å².